The molecule has 1 N–H and O–H groups in total. The molecular weight excluding hydrogens is 322 g/mol. The van der Waals surface area contributed by atoms with Gasteiger partial charge in [-0.3, -0.25) is 0 Å². The molecule has 5 rings (SSSR count). The second-order valence-corrected chi connectivity index (χ2v) is 7.59. The Morgan fingerprint density at radius 1 is 0.962 bits per heavy atom. The summed E-state index contributed by atoms with van der Waals surface area (Å²) >= 11 is 0. The van der Waals surface area contributed by atoms with Gasteiger partial charge in [0.15, 0.2) is 0 Å². The normalized spacial score (nSPS) is 18.7. The van der Waals surface area contributed by atoms with Crippen LogP contribution in [0.4, 0.5) is 0 Å². The van der Waals surface area contributed by atoms with Crippen LogP contribution in [-0.2, 0) is 25.8 Å². The van der Waals surface area contributed by atoms with Gasteiger partial charge in [0.25, 0.3) is 0 Å². The Balaban J connectivity index is 1.48. The van der Waals surface area contributed by atoms with Crippen molar-refractivity contribution in [3.05, 3.63) is 80.7 Å². The van der Waals surface area contributed by atoms with Crippen molar-refractivity contribution in [1.29, 1.82) is 0 Å². The minimum absolute atomic E-state index is 0.253. The van der Waals surface area contributed by atoms with Crippen LogP contribution in [0.5, 0.6) is 0 Å². The van der Waals surface area contributed by atoms with Gasteiger partial charge in [0.2, 0.25) is 0 Å². The van der Waals surface area contributed by atoms with Crippen LogP contribution in [0.15, 0.2) is 51.7 Å². The van der Waals surface area contributed by atoms with Crippen molar-refractivity contribution >= 4 is 11.0 Å². The fraction of sp³-hybridized carbons (Fsp3) is 0.348. The second kappa shape index (κ2) is 6.40. The van der Waals surface area contributed by atoms with Crippen LogP contribution in [-0.4, -0.2) is 0 Å². The van der Waals surface area contributed by atoms with Gasteiger partial charge in [-0.15, -0.1) is 0 Å². The highest BCUT2D eigenvalue weighted by Crippen LogP contribution is 2.31. The van der Waals surface area contributed by atoms with Gasteiger partial charge in [-0.2, -0.15) is 0 Å². The number of fused-ring (bicyclic) bond motifs is 3. The SMILES string of the molecule is O=c1cc(CNC2CCCc3ccccc32)c2cc3c(cc2o1)CCC3. The highest BCUT2D eigenvalue weighted by atomic mass is 16.4. The number of hydrogen-bond acceptors (Lipinski definition) is 3. The first-order valence-electron chi connectivity index (χ1n) is 9.68. The van der Waals surface area contributed by atoms with Crippen LogP contribution in [0.3, 0.4) is 0 Å². The van der Waals surface area contributed by atoms with Crippen molar-refractivity contribution in [2.45, 2.75) is 51.1 Å². The van der Waals surface area contributed by atoms with Gasteiger partial charge in [0, 0.05) is 24.0 Å². The maximum atomic E-state index is 12.1. The summed E-state index contributed by atoms with van der Waals surface area (Å²) in [5.41, 5.74) is 7.14. The fourth-order valence-corrected chi connectivity index (χ4v) is 4.64. The molecule has 0 saturated carbocycles. The average molecular weight is 345 g/mol. The molecule has 0 spiro atoms. The average Bonchev–Trinajstić information content (AvgIpc) is 3.11. The first kappa shape index (κ1) is 15.8. The maximum absolute atomic E-state index is 12.1. The molecule has 1 heterocycles. The van der Waals surface area contributed by atoms with E-state index in [0.717, 1.165) is 35.8 Å². The van der Waals surface area contributed by atoms with E-state index in [1.807, 2.05) is 0 Å². The van der Waals surface area contributed by atoms with Gasteiger partial charge >= 0.3 is 5.63 Å². The van der Waals surface area contributed by atoms with Crippen LogP contribution in [0, 0.1) is 0 Å². The third kappa shape index (κ3) is 2.77. The summed E-state index contributed by atoms with van der Waals surface area (Å²) in [7, 11) is 0. The van der Waals surface area contributed by atoms with E-state index in [1.54, 1.807) is 6.07 Å². The first-order valence-corrected chi connectivity index (χ1v) is 9.68. The topological polar surface area (TPSA) is 42.2 Å². The zero-order valence-electron chi connectivity index (χ0n) is 14.9. The molecule has 3 heteroatoms. The van der Waals surface area contributed by atoms with Gasteiger partial charge < -0.3 is 9.73 Å². The smallest absolute Gasteiger partial charge is 0.336 e. The lowest BCUT2D eigenvalue weighted by atomic mass is 9.87. The van der Waals surface area contributed by atoms with Gasteiger partial charge in [0.1, 0.15) is 5.58 Å². The number of hydrogen-bond donors (Lipinski definition) is 1. The Morgan fingerprint density at radius 3 is 2.69 bits per heavy atom. The molecule has 1 unspecified atom stereocenters. The predicted molar refractivity (Wildman–Crippen MR) is 103 cm³/mol. The van der Waals surface area contributed by atoms with E-state index in [2.05, 4.69) is 41.7 Å². The van der Waals surface area contributed by atoms with Crippen molar-refractivity contribution in [3.8, 4) is 0 Å². The third-order valence-electron chi connectivity index (χ3n) is 5.95. The summed E-state index contributed by atoms with van der Waals surface area (Å²) in [6, 6.07) is 15.1. The Labute approximate surface area is 153 Å². The van der Waals surface area contributed by atoms with Crippen molar-refractivity contribution < 1.29 is 4.42 Å². The highest BCUT2D eigenvalue weighted by molar-refractivity contribution is 5.82. The van der Waals surface area contributed by atoms with Crippen molar-refractivity contribution in [1.82, 2.24) is 5.32 Å². The molecule has 2 aromatic carbocycles. The van der Waals surface area contributed by atoms with Crippen molar-refractivity contribution in [2.75, 3.05) is 0 Å². The molecule has 26 heavy (non-hydrogen) atoms. The molecule has 0 fully saturated rings. The Morgan fingerprint density at radius 2 is 1.77 bits per heavy atom. The van der Waals surface area contributed by atoms with Gasteiger partial charge in [-0.1, -0.05) is 24.3 Å². The van der Waals surface area contributed by atoms with E-state index in [9.17, 15) is 4.79 Å². The van der Waals surface area contributed by atoms with E-state index in [1.165, 1.54) is 41.5 Å². The molecule has 0 amide bonds. The van der Waals surface area contributed by atoms with Crippen LogP contribution in [0.1, 0.15) is 53.1 Å². The van der Waals surface area contributed by atoms with E-state index in [-0.39, 0.29) is 5.63 Å². The standard InChI is InChI=1S/C23H23NO2/c25-23-13-18(20-11-16-7-3-8-17(16)12-22(20)26-23)14-24-21-10-4-6-15-5-1-2-9-19(15)21/h1-2,5,9,11-13,21,24H,3-4,6-8,10,14H2. The molecule has 3 aromatic rings. The minimum Gasteiger partial charge on any atom is -0.423 e. The van der Waals surface area contributed by atoms with Crippen LogP contribution < -0.4 is 10.9 Å². The maximum Gasteiger partial charge on any atom is 0.336 e. The van der Waals surface area contributed by atoms with E-state index in [0.29, 0.717) is 12.6 Å². The largest absolute Gasteiger partial charge is 0.423 e. The lowest BCUT2D eigenvalue weighted by Crippen LogP contribution is -2.25. The number of rotatable bonds is 3. The minimum atomic E-state index is -0.253. The summed E-state index contributed by atoms with van der Waals surface area (Å²) in [6.45, 7) is 0.694. The summed E-state index contributed by atoms with van der Waals surface area (Å²) < 4.78 is 5.49. The molecule has 0 bridgehead atoms. The Hall–Kier alpha value is -2.39. The van der Waals surface area contributed by atoms with Crippen molar-refractivity contribution in [3.63, 3.8) is 0 Å². The molecule has 132 valence electrons. The van der Waals surface area contributed by atoms with Gasteiger partial charge in [-0.25, -0.2) is 4.79 Å². The first-order chi connectivity index (χ1) is 12.8. The predicted octanol–water partition coefficient (Wildman–Crippen LogP) is 4.45. The summed E-state index contributed by atoms with van der Waals surface area (Å²) in [6.07, 6.45) is 6.94. The zero-order chi connectivity index (χ0) is 17.5. The van der Waals surface area contributed by atoms with E-state index >= 15 is 0 Å². The number of aryl methyl sites for hydroxylation is 3. The third-order valence-corrected chi connectivity index (χ3v) is 5.95. The van der Waals surface area contributed by atoms with Gasteiger partial charge in [-0.05, 0) is 78.5 Å². The number of nitrogens with one attached hydrogen (secondary N) is 1. The molecule has 0 aliphatic heterocycles. The highest BCUT2D eigenvalue weighted by Gasteiger charge is 2.20. The Kier molecular flexibility index (Phi) is 3.90. The Bertz CT molecular complexity index is 1030. The summed E-state index contributed by atoms with van der Waals surface area (Å²) in [5.74, 6) is 0. The molecule has 3 nitrogen and oxygen atoms in total. The molecular formula is C23H23NO2. The molecule has 0 radical (unpaired) electrons. The fourth-order valence-electron chi connectivity index (χ4n) is 4.64. The van der Waals surface area contributed by atoms with E-state index in [4.69, 9.17) is 4.42 Å². The van der Waals surface area contributed by atoms with Crippen LogP contribution >= 0.6 is 0 Å². The second-order valence-electron chi connectivity index (χ2n) is 7.59. The number of benzene rings is 2. The summed E-state index contributed by atoms with van der Waals surface area (Å²) in [4.78, 5) is 12.1. The molecule has 1 aromatic heterocycles. The van der Waals surface area contributed by atoms with E-state index < -0.39 is 0 Å². The molecule has 1 atom stereocenters. The lowest BCUT2D eigenvalue weighted by molar-refractivity contribution is 0.458. The molecule has 2 aliphatic carbocycles. The molecule has 0 saturated heterocycles. The quantitative estimate of drug-likeness (QED) is 0.713. The molecule has 2 aliphatic rings. The summed E-state index contributed by atoms with van der Waals surface area (Å²) in [5, 5.41) is 4.79. The lowest BCUT2D eigenvalue weighted by Gasteiger charge is -2.26. The van der Waals surface area contributed by atoms with Crippen LogP contribution in [0.2, 0.25) is 0 Å². The van der Waals surface area contributed by atoms with Gasteiger partial charge in [0.05, 0.1) is 0 Å². The zero-order valence-corrected chi connectivity index (χ0v) is 14.9. The monoisotopic (exact) mass is 345 g/mol. The van der Waals surface area contributed by atoms with Crippen LogP contribution in [0.25, 0.3) is 11.0 Å². The van der Waals surface area contributed by atoms with Crippen molar-refractivity contribution in [2.24, 2.45) is 0 Å².